The Kier molecular flexibility index (Phi) is 4.02. The second-order valence-electron chi connectivity index (χ2n) is 6.49. The first-order valence-corrected chi connectivity index (χ1v) is 7.95. The Labute approximate surface area is 131 Å². The van der Waals surface area contributed by atoms with E-state index in [1.807, 2.05) is 18.2 Å². The van der Waals surface area contributed by atoms with Gasteiger partial charge in [0.05, 0.1) is 0 Å². The lowest BCUT2D eigenvalue weighted by Gasteiger charge is -2.16. The molecule has 2 bridgehead atoms. The monoisotopic (exact) mass is 294 g/mol. The molecule has 0 aromatic heterocycles. The van der Waals surface area contributed by atoms with E-state index in [0.717, 1.165) is 17.4 Å². The zero-order valence-electron chi connectivity index (χ0n) is 13.2. The first kappa shape index (κ1) is 14.8. The molecule has 2 heteroatoms. The van der Waals surface area contributed by atoms with Crippen LogP contribution in [-0.4, -0.2) is 11.1 Å². The second kappa shape index (κ2) is 5.96. The molecule has 2 atom stereocenters. The predicted molar refractivity (Wildman–Crippen MR) is 90.0 cm³/mol. The van der Waals surface area contributed by atoms with Gasteiger partial charge in [-0.3, -0.25) is 0 Å². The van der Waals surface area contributed by atoms with Crippen LogP contribution in [0, 0.1) is 0 Å². The van der Waals surface area contributed by atoms with Gasteiger partial charge in [-0.2, -0.15) is 0 Å². The van der Waals surface area contributed by atoms with E-state index in [4.69, 9.17) is 5.11 Å². The van der Waals surface area contributed by atoms with Gasteiger partial charge in [-0.05, 0) is 72.8 Å². The molecule has 1 fully saturated rings. The Hall–Kier alpha value is -2.09. The van der Waals surface area contributed by atoms with Gasteiger partial charge in [0.15, 0.2) is 0 Å². The van der Waals surface area contributed by atoms with Gasteiger partial charge in [0.1, 0.15) is 0 Å². The van der Waals surface area contributed by atoms with E-state index >= 15 is 0 Å². The van der Waals surface area contributed by atoms with Gasteiger partial charge in [-0.25, -0.2) is 4.79 Å². The maximum Gasteiger partial charge on any atom is 0.328 e. The molecule has 0 heterocycles. The Morgan fingerprint density at radius 2 is 1.91 bits per heavy atom. The first-order chi connectivity index (χ1) is 10.5. The lowest BCUT2D eigenvalue weighted by atomic mass is 9.89. The summed E-state index contributed by atoms with van der Waals surface area (Å²) in [4.78, 5) is 10.6. The fourth-order valence-electron chi connectivity index (χ4n) is 3.78. The molecule has 22 heavy (non-hydrogen) atoms. The van der Waals surface area contributed by atoms with Crippen molar-refractivity contribution in [3.05, 3.63) is 64.8 Å². The molecule has 0 saturated heterocycles. The van der Waals surface area contributed by atoms with Crippen molar-refractivity contribution >= 4 is 11.5 Å². The van der Waals surface area contributed by atoms with E-state index in [0.29, 0.717) is 0 Å². The lowest BCUT2D eigenvalue weighted by Crippen LogP contribution is -1.98. The number of carboxylic acids is 1. The summed E-state index contributed by atoms with van der Waals surface area (Å²) in [6.07, 6.45) is 11.1. The number of carbonyl (C=O) groups is 1. The van der Waals surface area contributed by atoms with Crippen molar-refractivity contribution in [2.75, 3.05) is 0 Å². The fourth-order valence-corrected chi connectivity index (χ4v) is 3.78. The molecule has 0 spiro atoms. The van der Waals surface area contributed by atoms with Crippen LogP contribution in [0.25, 0.3) is 5.57 Å². The average molecular weight is 294 g/mol. The SMILES string of the molecule is CC(C=CC=C(C)c1ccc2c(c1)[C@@H]1CC[C@@H]2C1)=CC(=O)O. The van der Waals surface area contributed by atoms with Crippen LogP contribution in [-0.2, 0) is 4.79 Å². The van der Waals surface area contributed by atoms with Crippen LogP contribution in [0.2, 0.25) is 0 Å². The van der Waals surface area contributed by atoms with Crippen LogP contribution in [0.5, 0.6) is 0 Å². The molecule has 0 aliphatic heterocycles. The highest BCUT2D eigenvalue weighted by molar-refractivity contribution is 5.81. The van der Waals surface area contributed by atoms with Gasteiger partial charge >= 0.3 is 5.97 Å². The van der Waals surface area contributed by atoms with Gasteiger partial charge < -0.3 is 5.11 Å². The third kappa shape index (κ3) is 2.92. The number of rotatable bonds is 4. The molecular formula is C20H22O2. The number of fused-ring (bicyclic) bond motifs is 5. The van der Waals surface area contributed by atoms with Gasteiger partial charge in [0.25, 0.3) is 0 Å². The Balaban J connectivity index is 1.77. The summed E-state index contributed by atoms with van der Waals surface area (Å²) in [6, 6.07) is 6.89. The minimum atomic E-state index is -0.906. The second-order valence-corrected chi connectivity index (χ2v) is 6.49. The third-order valence-corrected chi connectivity index (χ3v) is 4.91. The van der Waals surface area contributed by atoms with Gasteiger partial charge in [-0.15, -0.1) is 0 Å². The highest BCUT2D eigenvalue weighted by atomic mass is 16.4. The molecule has 1 saturated carbocycles. The van der Waals surface area contributed by atoms with Crippen LogP contribution in [0.15, 0.2) is 48.1 Å². The number of aliphatic carboxylic acids is 1. The van der Waals surface area contributed by atoms with Crippen molar-refractivity contribution in [2.45, 2.75) is 44.9 Å². The van der Waals surface area contributed by atoms with Crippen molar-refractivity contribution in [3.8, 4) is 0 Å². The number of benzene rings is 1. The molecule has 2 aliphatic carbocycles. The fraction of sp³-hybridized carbons (Fsp3) is 0.350. The maximum atomic E-state index is 10.6. The van der Waals surface area contributed by atoms with E-state index in [-0.39, 0.29) is 0 Å². The molecule has 0 unspecified atom stereocenters. The van der Waals surface area contributed by atoms with Crippen LogP contribution < -0.4 is 0 Å². The number of hydrogen-bond donors (Lipinski definition) is 1. The van der Waals surface area contributed by atoms with E-state index in [2.05, 4.69) is 25.1 Å². The topological polar surface area (TPSA) is 37.3 Å². The number of carboxylic acid groups (broad SMARTS) is 1. The highest BCUT2D eigenvalue weighted by Gasteiger charge is 2.36. The summed E-state index contributed by atoms with van der Waals surface area (Å²) >= 11 is 0. The minimum absolute atomic E-state index is 0.739. The summed E-state index contributed by atoms with van der Waals surface area (Å²) in [5.41, 5.74) is 6.36. The molecule has 114 valence electrons. The summed E-state index contributed by atoms with van der Waals surface area (Å²) < 4.78 is 0. The summed E-state index contributed by atoms with van der Waals surface area (Å²) in [7, 11) is 0. The molecule has 2 nitrogen and oxygen atoms in total. The van der Waals surface area contributed by atoms with E-state index in [9.17, 15) is 4.79 Å². The van der Waals surface area contributed by atoms with Crippen molar-refractivity contribution in [2.24, 2.45) is 0 Å². The van der Waals surface area contributed by atoms with E-state index < -0.39 is 5.97 Å². The van der Waals surface area contributed by atoms with Gasteiger partial charge in [0, 0.05) is 6.08 Å². The molecule has 1 aromatic rings. The Bertz CT molecular complexity index is 692. The quantitative estimate of drug-likeness (QED) is 0.624. The van der Waals surface area contributed by atoms with Crippen LogP contribution in [0.4, 0.5) is 0 Å². The van der Waals surface area contributed by atoms with Crippen molar-refractivity contribution in [1.29, 1.82) is 0 Å². The van der Waals surface area contributed by atoms with Gasteiger partial charge in [0.2, 0.25) is 0 Å². The molecule has 3 rings (SSSR count). The van der Waals surface area contributed by atoms with E-state index in [1.165, 1.54) is 36.5 Å². The largest absolute Gasteiger partial charge is 0.478 e. The normalized spacial score (nSPS) is 24.1. The minimum Gasteiger partial charge on any atom is -0.478 e. The predicted octanol–water partition coefficient (Wildman–Crippen LogP) is 5.04. The molecule has 0 radical (unpaired) electrons. The average Bonchev–Trinajstić information content (AvgIpc) is 3.07. The zero-order chi connectivity index (χ0) is 15.7. The van der Waals surface area contributed by atoms with Crippen molar-refractivity contribution in [1.82, 2.24) is 0 Å². The first-order valence-electron chi connectivity index (χ1n) is 7.95. The summed E-state index contributed by atoms with van der Waals surface area (Å²) in [5, 5.41) is 8.69. The van der Waals surface area contributed by atoms with E-state index in [1.54, 1.807) is 18.1 Å². The highest BCUT2D eigenvalue weighted by Crippen LogP contribution is 2.53. The van der Waals surface area contributed by atoms with Crippen LogP contribution >= 0.6 is 0 Å². The Morgan fingerprint density at radius 1 is 1.18 bits per heavy atom. The van der Waals surface area contributed by atoms with Gasteiger partial charge in [-0.1, -0.05) is 36.4 Å². The van der Waals surface area contributed by atoms with Crippen molar-refractivity contribution < 1.29 is 9.90 Å². The lowest BCUT2D eigenvalue weighted by molar-refractivity contribution is -0.131. The summed E-state index contributed by atoms with van der Waals surface area (Å²) in [5.74, 6) is 0.683. The molecular weight excluding hydrogens is 272 g/mol. The molecule has 0 amide bonds. The number of hydrogen-bond acceptors (Lipinski definition) is 1. The van der Waals surface area contributed by atoms with Crippen LogP contribution in [0.3, 0.4) is 0 Å². The van der Waals surface area contributed by atoms with Crippen LogP contribution in [0.1, 0.15) is 61.6 Å². The summed E-state index contributed by atoms with van der Waals surface area (Å²) in [6.45, 7) is 3.90. The maximum absolute atomic E-state index is 10.6. The number of allylic oxidation sites excluding steroid dienone is 5. The molecule has 1 N–H and O–H groups in total. The molecule has 1 aromatic carbocycles. The smallest absolute Gasteiger partial charge is 0.328 e. The van der Waals surface area contributed by atoms with Crippen molar-refractivity contribution in [3.63, 3.8) is 0 Å². The molecule has 2 aliphatic rings. The zero-order valence-corrected chi connectivity index (χ0v) is 13.2. The standard InChI is InChI=1S/C20H22O2/c1-13(10-20(21)22)4-3-5-14(2)15-8-9-18-16-6-7-17(11-16)19(18)12-15/h3-5,8-10,12,16-17H,6-7,11H2,1-2H3,(H,21,22)/t16-,17-/m1/s1. The third-order valence-electron chi connectivity index (χ3n) is 4.91. The Morgan fingerprint density at radius 3 is 2.64 bits per heavy atom.